The van der Waals surface area contributed by atoms with Crippen LogP contribution in [0.15, 0.2) is 0 Å². The van der Waals surface area contributed by atoms with E-state index in [1.807, 2.05) is 0 Å². The highest BCUT2D eigenvalue weighted by Gasteiger charge is 2.47. The summed E-state index contributed by atoms with van der Waals surface area (Å²) < 4.78 is 0. The van der Waals surface area contributed by atoms with Crippen LogP contribution < -0.4 is 5.32 Å². The zero-order valence-electron chi connectivity index (χ0n) is 11.9. The lowest BCUT2D eigenvalue weighted by molar-refractivity contribution is -0.0775. The molecule has 0 amide bonds. The van der Waals surface area contributed by atoms with Gasteiger partial charge in [-0.3, -0.25) is 0 Å². The zero-order chi connectivity index (χ0) is 12.6. The molecule has 0 radical (unpaired) electrons. The summed E-state index contributed by atoms with van der Waals surface area (Å²) in [5.41, 5.74) is 0.0783. The molecule has 2 aliphatic rings. The molecule has 2 fully saturated rings. The summed E-state index contributed by atoms with van der Waals surface area (Å²) in [6.45, 7) is 9.06. The Bertz CT molecular complexity index is 254. The predicted molar refractivity (Wildman–Crippen MR) is 71.9 cm³/mol. The fourth-order valence-corrected chi connectivity index (χ4v) is 3.42. The molecule has 2 atom stereocenters. The van der Waals surface area contributed by atoms with E-state index in [1.54, 1.807) is 0 Å². The second-order valence-electron chi connectivity index (χ2n) is 7.15. The number of aliphatic hydroxyl groups excluding tert-OH is 1. The van der Waals surface area contributed by atoms with Crippen molar-refractivity contribution in [3.8, 4) is 0 Å². The van der Waals surface area contributed by atoms with Gasteiger partial charge in [-0.05, 0) is 43.9 Å². The maximum absolute atomic E-state index is 9.75. The van der Waals surface area contributed by atoms with Crippen molar-refractivity contribution in [2.45, 2.75) is 78.0 Å². The number of hydrogen-bond donors (Lipinski definition) is 2. The monoisotopic (exact) mass is 239 g/mol. The third kappa shape index (κ3) is 2.68. The molecule has 0 aromatic rings. The number of nitrogens with one attached hydrogen (secondary N) is 1. The van der Waals surface area contributed by atoms with Crippen LogP contribution in [0.2, 0.25) is 0 Å². The Morgan fingerprint density at radius 2 is 1.71 bits per heavy atom. The first-order valence-electron chi connectivity index (χ1n) is 7.35. The third-order valence-corrected chi connectivity index (χ3v) is 5.37. The maximum Gasteiger partial charge on any atom is 0.0621 e. The molecule has 100 valence electrons. The van der Waals surface area contributed by atoms with E-state index in [0.29, 0.717) is 12.1 Å². The zero-order valence-corrected chi connectivity index (χ0v) is 11.9. The molecule has 0 aromatic heterocycles. The summed E-state index contributed by atoms with van der Waals surface area (Å²) in [7, 11) is 0. The fourth-order valence-electron chi connectivity index (χ4n) is 3.42. The van der Waals surface area contributed by atoms with E-state index < -0.39 is 0 Å². The van der Waals surface area contributed by atoms with E-state index in [0.717, 1.165) is 18.3 Å². The van der Waals surface area contributed by atoms with Gasteiger partial charge in [0.2, 0.25) is 0 Å². The standard InChI is InChI=1S/C15H29NO/c1-10(2)11-5-7-12(8-6-11)16-13-9-14(17)15(13,3)4/h10-14,16-17H,5-9H2,1-4H3. The van der Waals surface area contributed by atoms with Crippen molar-refractivity contribution in [3.05, 3.63) is 0 Å². The Balaban J connectivity index is 1.76. The molecule has 0 spiro atoms. The number of hydrogen-bond acceptors (Lipinski definition) is 2. The van der Waals surface area contributed by atoms with Crippen molar-refractivity contribution in [2.24, 2.45) is 17.3 Å². The molecule has 0 aromatic carbocycles. The molecule has 2 aliphatic carbocycles. The summed E-state index contributed by atoms with van der Waals surface area (Å²) >= 11 is 0. The summed E-state index contributed by atoms with van der Waals surface area (Å²) in [6.07, 6.45) is 6.25. The molecule has 2 heteroatoms. The average Bonchev–Trinajstić information content (AvgIpc) is 2.29. The third-order valence-electron chi connectivity index (χ3n) is 5.37. The Kier molecular flexibility index (Phi) is 3.84. The lowest BCUT2D eigenvalue weighted by atomic mass is 9.64. The number of rotatable bonds is 3. The lowest BCUT2D eigenvalue weighted by Gasteiger charge is -2.51. The molecule has 0 heterocycles. The van der Waals surface area contributed by atoms with Gasteiger partial charge in [0, 0.05) is 17.5 Å². The first kappa shape index (κ1) is 13.4. The summed E-state index contributed by atoms with van der Waals surface area (Å²) in [4.78, 5) is 0. The predicted octanol–water partition coefficient (Wildman–Crippen LogP) is 2.95. The lowest BCUT2D eigenvalue weighted by Crippen LogP contribution is -2.62. The highest BCUT2D eigenvalue weighted by molar-refractivity contribution is 5.03. The van der Waals surface area contributed by atoms with Crippen LogP contribution in [0, 0.1) is 17.3 Å². The van der Waals surface area contributed by atoms with Crippen LogP contribution in [0.4, 0.5) is 0 Å². The van der Waals surface area contributed by atoms with Crippen LogP contribution in [-0.2, 0) is 0 Å². The SMILES string of the molecule is CC(C)C1CCC(NC2CC(O)C2(C)C)CC1. The van der Waals surface area contributed by atoms with Crippen LogP contribution in [0.3, 0.4) is 0 Å². The molecule has 0 aliphatic heterocycles. The highest BCUT2D eigenvalue weighted by Crippen LogP contribution is 2.41. The van der Waals surface area contributed by atoms with E-state index in [9.17, 15) is 5.11 Å². The van der Waals surface area contributed by atoms with Crippen LogP contribution in [0.25, 0.3) is 0 Å². The number of aliphatic hydroxyl groups is 1. The van der Waals surface area contributed by atoms with Crippen LogP contribution in [0.1, 0.15) is 59.8 Å². The summed E-state index contributed by atoms with van der Waals surface area (Å²) in [5.74, 6) is 1.78. The molecule has 2 unspecified atom stereocenters. The van der Waals surface area contributed by atoms with Gasteiger partial charge >= 0.3 is 0 Å². The smallest absolute Gasteiger partial charge is 0.0621 e. The van der Waals surface area contributed by atoms with Gasteiger partial charge in [-0.2, -0.15) is 0 Å². The van der Waals surface area contributed by atoms with Crippen molar-refractivity contribution >= 4 is 0 Å². The maximum atomic E-state index is 9.75. The molecular formula is C15H29NO. The molecule has 0 saturated heterocycles. The van der Waals surface area contributed by atoms with E-state index in [4.69, 9.17) is 0 Å². The quantitative estimate of drug-likeness (QED) is 0.793. The van der Waals surface area contributed by atoms with Crippen molar-refractivity contribution in [1.29, 1.82) is 0 Å². The molecule has 2 rings (SSSR count). The van der Waals surface area contributed by atoms with E-state index in [1.165, 1.54) is 25.7 Å². The molecule has 2 nitrogen and oxygen atoms in total. The molecule has 2 saturated carbocycles. The fraction of sp³-hybridized carbons (Fsp3) is 1.00. The van der Waals surface area contributed by atoms with E-state index >= 15 is 0 Å². The van der Waals surface area contributed by atoms with Crippen LogP contribution in [-0.4, -0.2) is 23.3 Å². The summed E-state index contributed by atoms with van der Waals surface area (Å²) in [5, 5.41) is 13.5. The second kappa shape index (κ2) is 4.89. The van der Waals surface area contributed by atoms with Gasteiger partial charge in [0.05, 0.1) is 6.10 Å². The summed E-state index contributed by atoms with van der Waals surface area (Å²) in [6, 6.07) is 1.22. The molecule has 2 N–H and O–H groups in total. The van der Waals surface area contributed by atoms with Crippen LogP contribution in [0.5, 0.6) is 0 Å². The average molecular weight is 239 g/mol. The van der Waals surface area contributed by atoms with E-state index in [-0.39, 0.29) is 11.5 Å². The minimum absolute atomic E-state index is 0.0783. The minimum atomic E-state index is -0.105. The normalized spacial score (nSPS) is 41.3. The van der Waals surface area contributed by atoms with Gasteiger partial charge in [0.15, 0.2) is 0 Å². The van der Waals surface area contributed by atoms with Gasteiger partial charge < -0.3 is 10.4 Å². The van der Waals surface area contributed by atoms with Gasteiger partial charge in [0.1, 0.15) is 0 Å². The van der Waals surface area contributed by atoms with Crippen molar-refractivity contribution in [2.75, 3.05) is 0 Å². The second-order valence-corrected chi connectivity index (χ2v) is 7.15. The first-order chi connectivity index (χ1) is 7.91. The molecular weight excluding hydrogens is 210 g/mol. The Labute approximate surface area is 106 Å². The Morgan fingerprint density at radius 1 is 1.12 bits per heavy atom. The largest absolute Gasteiger partial charge is 0.392 e. The highest BCUT2D eigenvalue weighted by atomic mass is 16.3. The minimum Gasteiger partial charge on any atom is -0.392 e. The molecule has 0 bridgehead atoms. The molecule has 17 heavy (non-hydrogen) atoms. The van der Waals surface area contributed by atoms with Crippen LogP contribution >= 0.6 is 0 Å². The van der Waals surface area contributed by atoms with Crippen molar-refractivity contribution in [3.63, 3.8) is 0 Å². The van der Waals surface area contributed by atoms with E-state index in [2.05, 4.69) is 33.0 Å². The Morgan fingerprint density at radius 3 is 2.12 bits per heavy atom. The first-order valence-corrected chi connectivity index (χ1v) is 7.35. The van der Waals surface area contributed by atoms with Crippen molar-refractivity contribution < 1.29 is 5.11 Å². The van der Waals surface area contributed by atoms with Gasteiger partial charge in [-0.15, -0.1) is 0 Å². The van der Waals surface area contributed by atoms with Gasteiger partial charge in [-0.25, -0.2) is 0 Å². The van der Waals surface area contributed by atoms with Crippen molar-refractivity contribution in [1.82, 2.24) is 5.32 Å². The topological polar surface area (TPSA) is 32.3 Å². The Hall–Kier alpha value is -0.0800. The van der Waals surface area contributed by atoms with Gasteiger partial charge in [0.25, 0.3) is 0 Å². The van der Waals surface area contributed by atoms with Gasteiger partial charge in [-0.1, -0.05) is 27.7 Å².